The third kappa shape index (κ3) is 14.6. The van der Waals surface area contributed by atoms with Crippen LogP contribution in [-0.2, 0) is 9.47 Å². The van der Waals surface area contributed by atoms with Crippen molar-refractivity contribution >= 4 is 0 Å². The van der Waals surface area contributed by atoms with Crippen molar-refractivity contribution in [2.75, 3.05) is 13.2 Å². The SMILES string of the molecule is CCCCCCCC/C=C\CCCCCCCCCCCCOC1O[C@H](CO)[C@H](O)[C@H]1O. The first kappa shape index (κ1) is 29.6. The van der Waals surface area contributed by atoms with Gasteiger partial charge in [0.2, 0.25) is 0 Å². The molecule has 4 atom stereocenters. The molecule has 5 nitrogen and oxygen atoms in total. The highest BCUT2D eigenvalue weighted by atomic mass is 16.7. The molecule has 1 rings (SSSR count). The molecule has 0 spiro atoms. The maximum Gasteiger partial charge on any atom is 0.186 e. The summed E-state index contributed by atoms with van der Waals surface area (Å²) >= 11 is 0. The van der Waals surface area contributed by atoms with Gasteiger partial charge in [0.15, 0.2) is 6.29 Å². The van der Waals surface area contributed by atoms with Gasteiger partial charge in [-0.05, 0) is 32.1 Å². The Balaban J connectivity index is 1.75. The van der Waals surface area contributed by atoms with E-state index in [1.165, 1.54) is 103 Å². The van der Waals surface area contributed by atoms with Crippen LogP contribution in [0.2, 0.25) is 0 Å². The largest absolute Gasteiger partial charge is 0.394 e. The minimum Gasteiger partial charge on any atom is -0.394 e. The molecule has 0 radical (unpaired) electrons. The van der Waals surface area contributed by atoms with Gasteiger partial charge < -0.3 is 24.8 Å². The Labute approximate surface area is 197 Å². The molecule has 0 aliphatic carbocycles. The molecule has 1 saturated heterocycles. The average Bonchev–Trinajstić information content (AvgIpc) is 3.08. The molecule has 0 bridgehead atoms. The van der Waals surface area contributed by atoms with Crippen molar-refractivity contribution < 1.29 is 24.8 Å². The van der Waals surface area contributed by atoms with Crippen LogP contribution in [0.1, 0.15) is 122 Å². The van der Waals surface area contributed by atoms with E-state index in [1.807, 2.05) is 0 Å². The average molecular weight is 457 g/mol. The molecule has 3 N–H and O–H groups in total. The molecule has 0 aromatic carbocycles. The summed E-state index contributed by atoms with van der Waals surface area (Å²) in [6, 6.07) is 0. The molecular weight excluding hydrogens is 404 g/mol. The molecule has 1 aliphatic heterocycles. The zero-order valence-corrected chi connectivity index (χ0v) is 20.8. The first-order chi connectivity index (χ1) is 15.7. The Hall–Kier alpha value is -0.460. The molecule has 1 fully saturated rings. The second kappa shape index (κ2) is 21.1. The van der Waals surface area contributed by atoms with E-state index >= 15 is 0 Å². The van der Waals surface area contributed by atoms with E-state index in [2.05, 4.69) is 19.1 Å². The summed E-state index contributed by atoms with van der Waals surface area (Å²) < 4.78 is 10.8. The Bertz CT molecular complexity index is 428. The lowest BCUT2D eigenvalue weighted by Gasteiger charge is -2.15. The molecule has 0 saturated carbocycles. The van der Waals surface area contributed by atoms with Crippen LogP contribution in [-0.4, -0.2) is 53.1 Å². The minimum absolute atomic E-state index is 0.311. The van der Waals surface area contributed by atoms with Crippen molar-refractivity contribution in [1.29, 1.82) is 0 Å². The van der Waals surface area contributed by atoms with Gasteiger partial charge >= 0.3 is 0 Å². The number of aliphatic hydroxyl groups excluding tert-OH is 3. The topological polar surface area (TPSA) is 79.2 Å². The molecule has 1 heterocycles. The fraction of sp³-hybridized carbons (Fsp3) is 0.926. The van der Waals surface area contributed by atoms with Crippen molar-refractivity contribution in [3.05, 3.63) is 12.2 Å². The van der Waals surface area contributed by atoms with Gasteiger partial charge in [-0.2, -0.15) is 0 Å². The molecule has 5 heteroatoms. The van der Waals surface area contributed by atoms with E-state index in [1.54, 1.807) is 0 Å². The predicted octanol–water partition coefficient (Wildman–Crippen LogP) is 6.04. The van der Waals surface area contributed by atoms with Gasteiger partial charge in [-0.15, -0.1) is 0 Å². The van der Waals surface area contributed by atoms with Crippen LogP contribution in [0.15, 0.2) is 12.2 Å². The summed E-state index contributed by atoms with van der Waals surface area (Å²) in [5, 5.41) is 28.6. The second-order valence-electron chi connectivity index (χ2n) is 9.43. The first-order valence-corrected chi connectivity index (χ1v) is 13.6. The lowest BCUT2D eigenvalue weighted by molar-refractivity contribution is -0.169. The summed E-state index contributed by atoms with van der Waals surface area (Å²) in [5.41, 5.74) is 0. The zero-order chi connectivity index (χ0) is 23.3. The first-order valence-electron chi connectivity index (χ1n) is 13.6. The van der Waals surface area contributed by atoms with Crippen LogP contribution >= 0.6 is 0 Å². The third-order valence-corrected chi connectivity index (χ3v) is 6.44. The van der Waals surface area contributed by atoms with Gasteiger partial charge in [0.25, 0.3) is 0 Å². The summed E-state index contributed by atoms with van der Waals surface area (Å²) in [4.78, 5) is 0. The van der Waals surface area contributed by atoms with Crippen molar-refractivity contribution in [3.8, 4) is 0 Å². The summed E-state index contributed by atoms with van der Waals surface area (Å²) in [7, 11) is 0. The van der Waals surface area contributed by atoms with E-state index in [4.69, 9.17) is 14.6 Å². The Morgan fingerprint density at radius 3 is 1.59 bits per heavy atom. The van der Waals surface area contributed by atoms with Crippen molar-refractivity contribution in [1.82, 2.24) is 0 Å². The van der Waals surface area contributed by atoms with Gasteiger partial charge in [0, 0.05) is 6.61 Å². The van der Waals surface area contributed by atoms with Crippen molar-refractivity contribution in [3.63, 3.8) is 0 Å². The summed E-state index contributed by atoms with van der Waals surface area (Å²) in [5.74, 6) is 0. The maximum absolute atomic E-state index is 9.81. The van der Waals surface area contributed by atoms with Gasteiger partial charge in [0.05, 0.1) is 6.61 Å². The standard InChI is InChI=1S/C27H52O5/c1-2-3-4-5-6-7-8-9-10-11-12-13-14-15-16-17-18-19-20-21-22-31-27-26(30)25(29)24(23-28)32-27/h9-10,24-30H,2-8,11-23H2,1H3/b10-9-/t24-,25+,26-,27?/m1/s1. The van der Waals surface area contributed by atoms with E-state index in [-0.39, 0.29) is 6.61 Å². The number of aliphatic hydroxyl groups is 3. The Kier molecular flexibility index (Phi) is 19.5. The van der Waals surface area contributed by atoms with Crippen LogP contribution in [0, 0.1) is 0 Å². The Morgan fingerprint density at radius 2 is 1.12 bits per heavy atom. The number of hydrogen-bond donors (Lipinski definition) is 3. The minimum atomic E-state index is -1.08. The number of unbranched alkanes of at least 4 members (excludes halogenated alkanes) is 16. The predicted molar refractivity (Wildman–Crippen MR) is 132 cm³/mol. The molecule has 1 unspecified atom stereocenters. The van der Waals surface area contributed by atoms with Crippen LogP contribution in [0.3, 0.4) is 0 Å². The third-order valence-electron chi connectivity index (χ3n) is 6.44. The van der Waals surface area contributed by atoms with Gasteiger partial charge in [-0.1, -0.05) is 103 Å². The van der Waals surface area contributed by atoms with E-state index in [0.29, 0.717) is 6.61 Å². The van der Waals surface area contributed by atoms with E-state index in [0.717, 1.165) is 12.8 Å². The molecular formula is C27H52O5. The lowest BCUT2D eigenvalue weighted by Crippen LogP contribution is -2.34. The summed E-state index contributed by atoms with van der Waals surface area (Å²) in [6.45, 7) is 2.48. The van der Waals surface area contributed by atoms with Crippen LogP contribution in [0.5, 0.6) is 0 Å². The van der Waals surface area contributed by atoms with Crippen LogP contribution in [0.4, 0.5) is 0 Å². The Morgan fingerprint density at radius 1 is 0.656 bits per heavy atom. The molecule has 1 aliphatic rings. The van der Waals surface area contributed by atoms with Crippen molar-refractivity contribution in [2.45, 2.75) is 147 Å². The summed E-state index contributed by atoms with van der Waals surface area (Å²) in [6.07, 6.45) is 24.5. The molecule has 0 aromatic heterocycles. The fourth-order valence-corrected chi connectivity index (χ4v) is 4.26. The number of ether oxygens (including phenoxy) is 2. The second-order valence-corrected chi connectivity index (χ2v) is 9.43. The van der Waals surface area contributed by atoms with Gasteiger partial charge in [-0.3, -0.25) is 0 Å². The van der Waals surface area contributed by atoms with Crippen LogP contribution < -0.4 is 0 Å². The quantitative estimate of drug-likeness (QED) is 0.137. The highest BCUT2D eigenvalue weighted by Crippen LogP contribution is 2.22. The van der Waals surface area contributed by atoms with Crippen molar-refractivity contribution in [2.24, 2.45) is 0 Å². The van der Waals surface area contributed by atoms with Crippen LogP contribution in [0.25, 0.3) is 0 Å². The van der Waals surface area contributed by atoms with E-state index < -0.39 is 24.6 Å². The van der Waals surface area contributed by atoms with E-state index in [9.17, 15) is 10.2 Å². The van der Waals surface area contributed by atoms with Gasteiger partial charge in [0.1, 0.15) is 18.3 Å². The lowest BCUT2D eigenvalue weighted by atomic mass is 10.1. The molecule has 0 aromatic rings. The zero-order valence-electron chi connectivity index (χ0n) is 20.8. The smallest absolute Gasteiger partial charge is 0.186 e. The van der Waals surface area contributed by atoms with Gasteiger partial charge in [-0.25, -0.2) is 0 Å². The molecule has 190 valence electrons. The molecule has 32 heavy (non-hydrogen) atoms. The maximum atomic E-state index is 9.81. The number of rotatable bonds is 22. The monoisotopic (exact) mass is 456 g/mol. The highest BCUT2D eigenvalue weighted by Gasteiger charge is 2.42. The highest BCUT2D eigenvalue weighted by molar-refractivity contribution is 4.86. The molecule has 0 amide bonds. The number of hydrogen-bond acceptors (Lipinski definition) is 5. The fourth-order valence-electron chi connectivity index (χ4n) is 4.26. The normalized spacial score (nSPS) is 23.5. The number of allylic oxidation sites excluding steroid dienone is 2.